The summed E-state index contributed by atoms with van der Waals surface area (Å²) in [5.74, 6) is -1.75. The monoisotopic (exact) mass is 437 g/mol. The topological polar surface area (TPSA) is 136 Å². The van der Waals surface area contributed by atoms with E-state index in [1.165, 1.54) is 24.3 Å². The average Bonchev–Trinajstić information content (AvgIpc) is 2.88. The lowest BCUT2D eigenvalue weighted by molar-refractivity contribution is -0.123. The number of nitrogens with two attached hydrogens (primary N) is 1. The number of hydrogen-bond acceptors (Lipinski definition) is 6. The van der Waals surface area contributed by atoms with Crippen molar-refractivity contribution in [1.29, 1.82) is 0 Å². The predicted molar refractivity (Wildman–Crippen MR) is 108 cm³/mol. The van der Waals surface area contributed by atoms with Crippen molar-refractivity contribution in [3.63, 3.8) is 0 Å². The number of amides is 3. The van der Waals surface area contributed by atoms with E-state index in [1.54, 1.807) is 9.62 Å². The van der Waals surface area contributed by atoms with Gasteiger partial charge in [-0.2, -0.15) is 4.31 Å². The molecule has 164 valence electrons. The Morgan fingerprint density at radius 2 is 1.93 bits per heavy atom. The minimum Gasteiger partial charge on any atom is -0.452 e. The van der Waals surface area contributed by atoms with Crippen molar-refractivity contribution in [2.75, 3.05) is 13.2 Å². The van der Waals surface area contributed by atoms with E-state index >= 15 is 0 Å². The van der Waals surface area contributed by atoms with Crippen LogP contribution in [0.15, 0.2) is 29.2 Å². The molecule has 2 fully saturated rings. The third kappa shape index (κ3) is 4.65. The number of esters is 1. The molecule has 1 aromatic carbocycles. The fourth-order valence-electron chi connectivity index (χ4n) is 5.00. The number of primary amides is 1. The van der Waals surface area contributed by atoms with Crippen molar-refractivity contribution < 1.29 is 27.5 Å². The fourth-order valence-corrected chi connectivity index (χ4v) is 6.82. The minimum absolute atomic E-state index is 0.00309. The molecule has 1 aliphatic carbocycles. The maximum atomic E-state index is 13.4. The van der Waals surface area contributed by atoms with E-state index in [0.29, 0.717) is 6.54 Å². The van der Waals surface area contributed by atoms with Gasteiger partial charge in [0.05, 0.1) is 10.5 Å². The maximum Gasteiger partial charge on any atom is 0.338 e. The number of hydrogen-bond donors (Lipinski definition) is 2. The van der Waals surface area contributed by atoms with Gasteiger partial charge in [-0.25, -0.2) is 18.0 Å². The largest absolute Gasteiger partial charge is 0.452 e. The van der Waals surface area contributed by atoms with Crippen molar-refractivity contribution in [2.45, 2.75) is 51.0 Å². The predicted octanol–water partition coefficient (Wildman–Crippen LogP) is 1.63. The summed E-state index contributed by atoms with van der Waals surface area (Å²) in [5, 5.41) is 1.77. The highest BCUT2D eigenvalue weighted by molar-refractivity contribution is 7.89. The number of nitrogens with one attached hydrogen (secondary N) is 1. The summed E-state index contributed by atoms with van der Waals surface area (Å²) in [7, 11) is -3.80. The first-order chi connectivity index (χ1) is 13.8. The number of carbonyl (C=O) groups is 3. The van der Waals surface area contributed by atoms with Crippen LogP contribution >= 0.6 is 0 Å². The summed E-state index contributed by atoms with van der Waals surface area (Å²) >= 11 is 0. The zero-order valence-corrected chi connectivity index (χ0v) is 18.1. The van der Waals surface area contributed by atoms with Gasteiger partial charge in [0.2, 0.25) is 10.0 Å². The Kier molecular flexibility index (Phi) is 5.68. The Morgan fingerprint density at radius 1 is 1.23 bits per heavy atom. The minimum atomic E-state index is -3.80. The van der Waals surface area contributed by atoms with Crippen LogP contribution in [0.4, 0.5) is 4.79 Å². The molecule has 30 heavy (non-hydrogen) atoms. The molecule has 0 radical (unpaired) electrons. The molecule has 3 amide bonds. The smallest absolute Gasteiger partial charge is 0.338 e. The molecular formula is C20H27N3O6S. The summed E-state index contributed by atoms with van der Waals surface area (Å²) in [5.41, 5.74) is 4.82. The molecule has 0 aromatic heterocycles. The molecule has 0 unspecified atom stereocenters. The molecule has 3 N–H and O–H groups in total. The molecule has 1 aromatic rings. The summed E-state index contributed by atoms with van der Waals surface area (Å²) < 4.78 is 33.1. The maximum absolute atomic E-state index is 13.4. The Balaban J connectivity index is 1.77. The number of ether oxygens (including phenoxy) is 1. The quantitative estimate of drug-likeness (QED) is 0.672. The number of rotatable bonds is 5. The van der Waals surface area contributed by atoms with Crippen molar-refractivity contribution in [3.8, 4) is 0 Å². The SMILES string of the molecule is CC1(C)C[C@H]2C[C@@](C)(CN2S(=O)(=O)c2cccc(C(=O)OCC(=O)NC(N)=O)c2)C1. The first-order valence-electron chi connectivity index (χ1n) is 9.70. The molecule has 1 aliphatic heterocycles. The average molecular weight is 438 g/mol. The highest BCUT2D eigenvalue weighted by Crippen LogP contribution is 2.53. The van der Waals surface area contributed by atoms with Gasteiger partial charge < -0.3 is 10.5 Å². The zero-order chi connectivity index (χ0) is 22.3. The molecule has 1 saturated carbocycles. The van der Waals surface area contributed by atoms with E-state index in [1.807, 2.05) is 0 Å². The molecule has 10 heteroatoms. The number of benzene rings is 1. The summed E-state index contributed by atoms with van der Waals surface area (Å²) in [4.78, 5) is 34.2. The molecule has 2 aliphatic rings. The number of fused-ring (bicyclic) bond motifs is 2. The van der Waals surface area contributed by atoms with Gasteiger partial charge in [0.15, 0.2) is 6.61 Å². The van der Waals surface area contributed by atoms with E-state index in [0.717, 1.165) is 19.3 Å². The van der Waals surface area contributed by atoms with Crippen molar-refractivity contribution in [2.24, 2.45) is 16.6 Å². The van der Waals surface area contributed by atoms with Gasteiger partial charge in [0.25, 0.3) is 5.91 Å². The van der Waals surface area contributed by atoms with E-state index < -0.39 is 34.5 Å². The first kappa shape index (κ1) is 22.2. The van der Waals surface area contributed by atoms with Crippen LogP contribution in [-0.4, -0.2) is 49.8 Å². The standard InChI is InChI=1S/C20H27N3O6S/c1-19(2)8-14-9-20(3,11-19)12-23(14)30(27,28)15-6-4-5-13(7-15)17(25)29-10-16(24)22-18(21)26/h4-7,14H,8-12H2,1-3H3,(H3,21,22,24,26)/t14-,20+/m0/s1. The molecular weight excluding hydrogens is 410 g/mol. The Hall–Kier alpha value is -2.46. The lowest BCUT2D eigenvalue weighted by Crippen LogP contribution is -2.38. The van der Waals surface area contributed by atoms with Gasteiger partial charge in [-0.05, 0) is 48.3 Å². The number of urea groups is 1. The number of imide groups is 1. The van der Waals surface area contributed by atoms with Crippen molar-refractivity contribution >= 4 is 27.9 Å². The molecule has 3 rings (SSSR count). The van der Waals surface area contributed by atoms with Gasteiger partial charge in [-0.15, -0.1) is 0 Å². The van der Waals surface area contributed by atoms with Gasteiger partial charge in [0.1, 0.15) is 0 Å². The molecule has 1 heterocycles. The van der Waals surface area contributed by atoms with Crippen LogP contribution in [0.1, 0.15) is 50.4 Å². The molecule has 1 saturated heterocycles. The molecule has 0 spiro atoms. The van der Waals surface area contributed by atoms with Crippen LogP contribution < -0.4 is 11.1 Å². The number of carbonyl (C=O) groups excluding carboxylic acids is 3. The summed E-state index contributed by atoms with van der Waals surface area (Å²) in [6.45, 7) is 6.20. The van der Waals surface area contributed by atoms with E-state index in [9.17, 15) is 22.8 Å². The second-order valence-electron chi connectivity index (χ2n) is 9.28. The summed E-state index contributed by atoms with van der Waals surface area (Å²) in [6.07, 6.45) is 2.58. The lowest BCUT2D eigenvalue weighted by Gasteiger charge is -2.39. The Labute approximate surface area is 176 Å². The van der Waals surface area contributed by atoms with Crippen molar-refractivity contribution in [3.05, 3.63) is 29.8 Å². The van der Waals surface area contributed by atoms with E-state index in [4.69, 9.17) is 10.5 Å². The molecule has 2 atom stereocenters. The second-order valence-corrected chi connectivity index (χ2v) is 11.2. The van der Waals surface area contributed by atoms with E-state index in [2.05, 4.69) is 20.8 Å². The zero-order valence-electron chi connectivity index (χ0n) is 17.3. The van der Waals surface area contributed by atoms with Gasteiger partial charge in [-0.1, -0.05) is 26.8 Å². The van der Waals surface area contributed by atoms with Crippen LogP contribution in [0, 0.1) is 10.8 Å². The molecule has 2 bridgehead atoms. The highest BCUT2D eigenvalue weighted by atomic mass is 32.2. The van der Waals surface area contributed by atoms with E-state index in [-0.39, 0.29) is 27.3 Å². The Morgan fingerprint density at radius 3 is 2.60 bits per heavy atom. The van der Waals surface area contributed by atoms with Gasteiger partial charge in [-0.3, -0.25) is 10.1 Å². The van der Waals surface area contributed by atoms with Crippen molar-refractivity contribution in [1.82, 2.24) is 9.62 Å². The molecule has 9 nitrogen and oxygen atoms in total. The number of sulfonamides is 1. The fraction of sp³-hybridized carbons (Fsp3) is 0.550. The van der Waals surface area contributed by atoms with Gasteiger partial charge >= 0.3 is 12.0 Å². The normalized spacial score (nSPS) is 25.5. The first-order valence-corrected chi connectivity index (χ1v) is 11.1. The second kappa shape index (κ2) is 7.66. The highest BCUT2D eigenvalue weighted by Gasteiger charge is 2.53. The van der Waals surface area contributed by atoms with Crippen LogP contribution in [-0.2, 0) is 19.6 Å². The lowest BCUT2D eigenvalue weighted by atomic mass is 9.65. The van der Waals surface area contributed by atoms with Crippen LogP contribution in [0.3, 0.4) is 0 Å². The van der Waals surface area contributed by atoms with Crippen LogP contribution in [0.5, 0.6) is 0 Å². The third-order valence-corrected chi connectivity index (χ3v) is 7.53. The van der Waals surface area contributed by atoms with Crippen LogP contribution in [0.2, 0.25) is 0 Å². The number of nitrogens with zero attached hydrogens (tertiary/aromatic N) is 1. The Bertz CT molecular complexity index is 990. The summed E-state index contributed by atoms with van der Waals surface area (Å²) in [6, 6.07) is 4.43. The van der Waals surface area contributed by atoms with Crippen LogP contribution in [0.25, 0.3) is 0 Å². The van der Waals surface area contributed by atoms with Gasteiger partial charge in [0, 0.05) is 12.6 Å². The third-order valence-electron chi connectivity index (χ3n) is 5.64.